The molecule has 0 saturated heterocycles. The summed E-state index contributed by atoms with van der Waals surface area (Å²) in [5, 5.41) is 5.95. The van der Waals surface area contributed by atoms with Crippen LogP contribution in [0.1, 0.15) is 30.8 Å². The summed E-state index contributed by atoms with van der Waals surface area (Å²) in [4.78, 5) is 18.7. The molecule has 0 aliphatic rings. The van der Waals surface area contributed by atoms with Crippen LogP contribution in [0.5, 0.6) is 0 Å². The lowest BCUT2D eigenvalue weighted by molar-refractivity contribution is 0.0954. The number of carbonyl (C=O) groups is 1. The number of benzene rings is 1. The average Bonchev–Trinajstić information content (AvgIpc) is 3.16. The van der Waals surface area contributed by atoms with Gasteiger partial charge in [-0.2, -0.15) is 0 Å². The zero-order valence-corrected chi connectivity index (χ0v) is 13.8. The van der Waals surface area contributed by atoms with E-state index < -0.39 is 0 Å². The molecule has 5 heteroatoms. The first-order chi connectivity index (χ1) is 10.7. The minimum atomic E-state index is -0.0392. The molecule has 1 N–H and O–H groups in total. The van der Waals surface area contributed by atoms with Crippen molar-refractivity contribution in [2.24, 2.45) is 0 Å². The SMILES string of the molecule is Cc1nc(Cc2ccccc2)sc1C(=O)NCc1cccs1. The van der Waals surface area contributed by atoms with Crippen LogP contribution in [-0.4, -0.2) is 10.9 Å². The van der Waals surface area contributed by atoms with Gasteiger partial charge in [0.15, 0.2) is 0 Å². The van der Waals surface area contributed by atoms with Gasteiger partial charge in [0.05, 0.1) is 17.2 Å². The van der Waals surface area contributed by atoms with E-state index in [1.54, 1.807) is 11.3 Å². The van der Waals surface area contributed by atoms with Crippen molar-refractivity contribution in [1.29, 1.82) is 0 Å². The van der Waals surface area contributed by atoms with Gasteiger partial charge in [0.2, 0.25) is 0 Å². The lowest BCUT2D eigenvalue weighted by atomic mass is 10.2. The van der Waals surface area contributed by atoms with E-state index in [4.69, 9.17) is 0 Å². The largest absolute Gasteiger partial charge is 0.346 e. The highest BCUT2D eigenvalue weighted by molar-refractivity contribution is 7.13. The molecule has 0 bridgehead atoms. The Kier molecular flexibility index (Phi) is 4.65. The fourth-order valence-corrected chi connectivity index (χ4v) is 3.83. The van der Waals surface area contributed by atoms with Crippen molar-refractivity contribution in [2.45, 2.75) is 19.9 Å². The zero-order valence-electron chi connectivity index (χ0n) is 12.2. The van der Waals surface area contributed by atoms with Crippen molar-refractivity contribution in [3.63, 3.8) is 0 Å². The second-order valence-corrected chi connectivity index (χ2v) is 7.06. The molecule has 0 aliphatic heterocycles. The molecular formula is C17H16N2OS2. The van der Waals surface area contributed by atoms with E-state index in [1.807, 2.05) is 42.6 Å². The summed E-state index contributed by atoms with van der Waals surface area (Å²) in [7, 11) is 0. The Bertz CT molecular complexity index is 748. The Balaban J connectivity index is 1.67. The fraction of sp³-hybridized carbons (Fsp3) is 0.176. The maximum absolute atomic E-state index is 12.3. The summed E-state index contributed by atoms with van der Waals surface area (Å²) in [5.41, 5.74) is 2.02. The Morgan fingerprint density at radius 1 is 1.18 bits per heavy atom. The van der Waals surface area contributed by atoms with Crippen molar-refractivity contribution in [2.75, 3.05) is 0 Å². The van der Waals surface area contributed by atoms with Gasteiger partial charge in [-0.15, -0.1) is 22.7 Å². The van der Waals surface area contributed by atoms with Gasteiger partial charge < -0.3 is 5.32 Å². The van der Waals surface area contributed by atoms with Crippen LogP contribution in [0.2, 0.25) is 0 Å². The fourth-order valence-electron chi connectivity index (χ4n) is 2.17. The molecule has 3 rings (SSSR count). The Labute approximate surface area is 137 Å². The minimum absolute atomic E-state index is 0.0392. The Morgan fingerprint density at radius 3 is 2.73 bits per heavy atom. The van der Waals surface area contributed by atoms with Gasteiger partial charge >= 0.3 is 0 Å². The second-order valence-electron chi connectivity index (χ2n) is 4.95. The molecule has 112 valence electrons. The first kappa shape index (κ1) is 14.9. The molecular weight excluding hydrogens is 312 g/mol. The lowest BCUT2D eigenvalue weighted by Gasteiger charge is -2.01. The molecule has 0 spiro atoms. The maximum atomic E-state index is 12.3. The summed E-state index contributed by atoms with van der Waals surface area (Å²) < 4.78 is 0. The van der Waals surface area contributed by atoms with Crippen LogP contribution in [-0.2, 0) is 13.0 Å². The number of amides is 1. The number of hydrogen-bond donors (Lipinski definition) is 1. The smallest absolute Gasteiger partial charge is 0.263 e. The Morgan fingerprint density at radius 2 is 2.00 bits per heavy atom. The quantitative estimate of drug-likeness (QED) is 0.768. The number of carbonyl (C=O) groups excluding carboxylic acids is 1. The summed E-state index contributed by atoms with van der Waals surface area (Å²) in [6, 6.07) is 14.2. The third-order valence-electron chi connectivity index (χ3n) is 3.25. The first-order valence-electron chi connectivity index (χ1n) is 7.03. The predicted molar refractivity (Wildman–Crippen MR) is 91.6 cm³/mol. The molecule has 1 amide bonds. The lowest BCUT2D eigenvalue weighted by Crippen LogP contribution is -2.22. The van der Waals surface area contributed by atoms with Crippen molar-refractivity contribution >= 4 is 28.6 Å². The molecule has 0 radical (unpaired) electrons. The van der Waals surface area contributed by atoms with E-state index in [0.29, 0.717) is 11.4 Å². The van der Waals surface area contributed by atoms with Gasteiger partial charge in [-0.05, 0) is 23.9 Å². The number of hydrogen-bond acceptors (Lipinski definition) is 4. The van der Waals surface area contributed by atoms with Crippen LogP contribution in [0.15, 0.2) is 47.8 Å². The third-order valence-corrected chi connectivity index (χ3v) is 5.28. The molecule has 2 aromatic heterocycles. The standard InChI is InChI=1S/C17H16N2OS2/c1-12-16(17(20)18-11-14-8-5-9-21-14)22-15(19-12)10-13-6-3-2-4-7-13/h2-9H,10-11H2,1H3,(H,18,20). The van der Waals surface area contributed by atoms with Crippen molar-refractivity contribution in [1.82, 2.24) is 10.3 Å². The molecule has 22 heavy (non-hydrogen) atoms. The molecule has 0 aliphatic carbocycles. The van der Waals surface area contributed by atoms with Gasteiger partial charge in [-0.3, -0.25) is 4.79 Å². The molecule has 2 heterocycles. The zero-order chi connectivity index (χ0) is 15.4. The Hall–Kier alpha value is -1.98. The van der Waals surface area contributed by atoms with E-state index in [9.17, 15) is 4.79 Å². The van der Waals surface area contributed by atoms with Crippen LogP contribution in [0.3, 0.4) is 0 Å². The molecule has 0 atom stereocenters. The molecule has 0 fully saturated rings. The highest BCUT2D eigenvalue weighted by Crippen LogP contribution is 2.21. The highest BCUT2D eigenvalue weighted by Gasteiger charge is 2.15. The molecule has 3 nitrogen and oxygen atoms in total. The minimum Gasteiger partial charge on any atom is -0.346 e. The maximum Gasteiger partial charge on any atom is 0.263 e. The van der Waals surface area contributed by atoms with Gasteiger partial charge in [-0.25, -0.2) is 4.98 Å². The number of nitrogens with zero attached hydrogens (tertiary/aromatic N) is 1. The van der Waals surface area contributed by atoms with Gasteiger partial charge in [-0.1, -0.05) is 36.4 Å². The van der Waals surface area contributed by atoms with Crippen LogP contribution < -0.4 is 5.32 Å². The molecule has 0 saturated carbocycles. The van der Waals surface area contributed by atoms with Crippen LogP contribution in [0, 0.1) is 6.92 Å². The number of rotatable bonds is 5. The molecule has 1 aromatic carbocycles. The van der Waals surface area contributed by atoms with Crippen molar-refractivity contribution < 1.29 is 4.79 Å². The summed E-state index contributed by atoms with van der Waals surface area (Å²) >= 11 is 3.12. The number of aromatic nitrogens is 1. The second kappa shape index (κ2) is 6.85. The number of aryl methyl sites for hydroxylation is 1. The highest BCUT2D eigenvalue weighted by atomic mass is 32.1. The summed E-state index contributed by atoms with van der Waals surface area (Å²) in [6.07, 6.45) is 0.768. The topological polar surface area (TPSA) is 42.0 Å². The predicted octanol–water partition coefficient (Wildman–Crippen LogP) is 4.03. The van der Waals surface area contributed by atoms with E-state index in [1.165, 1.54) is 16.9 Å². The monoisotopic (exact) mass is 328 g/mol. The van der Waals surface area contributed by atoms with Gasteiger partial charge in [0.25, 0.3) is 5.91 Å². The summed E-state index contributed by atoms with van der Waals surface area (Å²) in [5.74, 6) is -0.0392. The van der Waals surface area contributed by atoms with E-state index >= 15 is 0 Å². The van der Waals surface area contributed by atoms with Gasteiger partial charge in [0.1, 0.15) is 4.88 Å². The van der Waals surface area contributed by atoms with Crippen LogP contribution >= 0.6 is 22.7 Å². The van der Waals surface area contributed by atoms with Crippen LogP contribution in [0.4, 0.5) is 0 Å². The molecule has 3 aromatic rings. The van der Waals surface area contributed by atoms with Crippen molar-refractivity contribution in [3.8, 4) is 0 Å². The van der Waals surface area contributed by atoms with Crippen molar-refractivity contribution in [3.05, 3.63) is 73.9 Å². The van der Waals surface area contributed by atoms with Gasteiger partial charge in [0, 0.05) is 11.3 Å². The first-order valence-corrected chi connectivity index (χ1v) is 8.73. The van der Waals surface area contributed by atoms with E-state index in [0.717, 1.165) is 22.0 Å². The summed E-state index contributed by atoms with van der Waals surface area (Å²) in [6.45, 7) is 2.47. The number of nitrogens with one attached hydrogen (secondary N) is 1. The van der Waals surface area contributed by atoms with E-state index in [-0.39, 0.29) is 5.91 Å². The number of thiazole rings is 1. The average molecular weight is 328 g/mol. The van der Waals surface area contributed by atoms with Crippen LogP contribution in [0.25, 0.3) is 0 Å². The molecule has 0 unspecified atom stereocenters. The van der Waals surface area contributed by atoms with E-state index in [2.05, 4.69) is 22.4 Å². The number of thiophene rings is 1. The normalized spacial score (nSPS) is 10.6. The third kappa shape index (κ3) is 3.61.